The minimum absolute atomic E-state index is 0.0413. The number of carbonyl (C=O) groups is 1. The Balaban J connectivity index is 1.93. The molecule has 0 radical (unpaired) electrons. The van der Waals surface area contributed by atoms with E-state index in [1.807, 2.05) is 0 Å². The smallest absolute Gasteiger partial charge is 0.325 e. The molecule has 7 heteroatoms. The number of carboxylic acids is 1. The van der Waals surface area contributed by atoms with Crippen LogP contribution in [0, 0.1) is 17.8 Å². The lowest BCUT2D eigenvalue weighted by molar-refractivity contribution is -0.141. The monoisotopic (exact) mass is 277 g/mol. The molecule has 4 atom stereocenters. The summed E-state index contributed by atoms with van der Waals surface area (Å²) in [5.41, 5.74) is 0. The van der Waals surface area contributed by atoms with E-state index in [1.165, 1.54) is 0 Å². The quantitative estimate of drug-likeness (QED) is 0.564. The van der Waals surface area contributed by atoms with E-state index in [0.717, 1.165) is 19.3 Å². The summed E-state index contributed by atoms with van der Waals surface area (Å²) in [5, 5.41) is 12.0. The number of hydrogen-bond donors (Lipinski definition) is 4. The summed E-state index contributed by atoms with van der Waals surface area (Å²) < 4.78 is 11.0. The zero-order chi connectivity index (χ0) is 13.3. The van der Waals surface area contributed by atoms with Gasteiger partial charge in [-0.15, -0.1) is 0 Å². The van der Waals surface area contributed by atoms with Crippen LogP contribution in [0.4, 0.5) is 0 Å². The molecule has 0 aromatic rings. The fraction of sp³-hybridized carbons (Fsp3) is 0.909. The molecule has 2 rings (SSSR count). The molecule has 1 saturated heterocycles. The van der Waals surface area contributed by atoms with E-state index in [2.05, 4.69) is 5.32 Å². The normalized spacial score (nSPS) is 37.0. The minimum Gasteiger partial charge on any atom is -0.480 e. The summed E-state index contributed by atoms with van der Waals surface area (Å²) in [5.74, 6) is -0.0311. The number of nitrogens with one attached hydrogen (secondary N) is 1. The molecule has 0 amide bonds. The summed E-state index contributed by atoms with van der Waals surface area (Å²) in [7, 11) is -3.95. The Labute approximate surface area is 106 Å². The first kappa shape index (κ1) is 14.0. The van der Waals surface area contributed by atoms with Gasteiger partial charge in [-0.25, -0.2) is 0 Å². The lowest BCUT2D eigenvalue weighted by atomic mass is 9.70. The van der Waals surface area contributed by atoms with Gasteiger partial charge >= 0.3 is 13.6 Å². The van der Waals surface area contributed by atoms with E-state index < -0.39 is 19.6 Å². The predicted octanol–water partition coefficient (Wildman–Crippen LogP) is 0.643. The molecule has 6 nitrogen and oxygen atoms in total. The maximum atomic E-state index is 11.0. The number of aliphatic carboxylic acids is 1. The number of carboxylic acid groups (broad SMARTS) is 1. The summed E-state index contributed by atoms with van der Waals surface area (Å²) >= 11 is 0. The summed E-state index contributed by atoms with van der Waals surface area (Å²) in [4.78, 5) is 29.0. The largest absolute Gasteiger partial charge is 0.480 e. The average Bonchev–Trinajstić information content (AvgIpc) is 2.25. The fourth-order valence-corrected chi connectivity index (χ4v) is 4.36. The second kappa shape index (κ2) is 5.29. The molecule has 1 saturated carbocycles. The minimum atomic E-state index is -3.95. The van der Waals surface area contributed by atoms with Gasteiger partial charge in [0.1, 0.15) is 6.04 Å². The number of hydrogen-bond acceptors (Lipinski definition) is 3. The van der Waals surface area contributed by atoms with Crippen LogP contribution in [0.3, 0.4) is 0 Å². The SMILES string of the molecule is O=C(O)C1C[C@@H]2C[C@H](CP(=O)(O)O)CC[C@H]2CN1. The molecule has 4 N–H and O–H groups in total. The highest BCUT2D eigenvalue weighted by Crippen LogP contribution is 2.45. The van der Waals surface area contributed by atoms with Crippen molar-refractivity contribution >= 4 is 13.6 Å². The molecule has 0 aromatic carbocycles. The van der Waals surface area contributed by atoms with Gasteiger partial charge in [-0.3, -0.25) is 9.36 Å². The highest BCUT2D eigenvalue weighted by molar-refractivity contribution is 7.51. The van der Waals surface area contributed by atoms with Crippen molar-refractivity contribution in [3.63, 3.8) is 0 Å². The first-order valence-electron chi connectivity index (χ1n) is 6.36. The van der Waals surface area contributed by atoms with Crippen molar-refractivity contribution in [2.75, 3.05) is 12.7 Å². The first-order valence-corrected chi connectivity index (χ1v) is 8.15. The Kier molecular flexibility index (Phi) is 4.11. The van der Waals surface area contributed by atoms with Crippen LogP contribution in [0.1, 0.15) is 25.7 Å². The van der Waals surface area contributed by atoms with Crippen LogP contribution in [0.15, 0.2) is 0 Å². The Hall–Kier alpha value is -0.420. The van der Waals surface area contributed by atoms with Gasteiger partial charge in [-0.1, -0.05) is 0 Å². The first-order chi connectivity index (χ1) is 8.35. The van der Waals surface area contributed by atoms with Crippen molar-refractivity contribution in [3.05, 3.63) is 0 Å². The molecule has 0 aromatic heterocycles. The van der Waals surface area contributed by atoms with Crippen LogP contribution in [0.5, 0.6) is 0 Å². The second-order valence-corrected chi connectivity index (χ2v) is 7.28. The van der Waals surface area contributed by atoms with Gasteiger partial charge in [0.05, 0.1) is 6.16 Å². The maximum absolute atomic E-state index is 11.0. The molecule has 2 fully saturated rings. The highest BCUT2D eigenvalue weighted by atomic mass is 31.2. The average molecular weight is 277 g/mol. The summed E-state index contributed by atoms with van der Waals surface area (Å²) in [6.45, 7) is 0.713. The molecule has 1 unspecified atom stereocenters. The molecule has 104 valence electrons. The standard InChI is InChI=1S/C11H20NO5P/c13-11(14)10-4-9-3-7(6-18(15,16)17)1-2-8(9)5-12-10/h7-10,12H,1-6H2,(H,13,14)(H2,15,16,17)/t7-,8+,9+,10?/m1/s1. The predicted molar refractivity (Wildman–Crippen MR) is 65.3 cm³/mol. The molecule has 0 bridgehead atoms. The molecule has 1 aliphatic heterocycles. The third-order valence-electron chi connectivity index (χ3n) is 4.21. The molecule has 18 heavy (non-hydrogen) atoms. The van der Waals surface area contributed by atoms with Gasteiger partial charge in [0, 0.05) is 0 Å². The third kappa shape index (κ3) is 3.54. The number of fused-ring (bicyclic) bond motifs is 1. The van der Waals surface area contributed by atoms with Crippen molar-refractivity contribution in [2.24, 2.45) is 17.8 Å². The van der Waals surface area contributed by atoms with E-state index in [1.54, 1.807) is 0 Å². The summed E-state index contributed by atoms with van der Waals surface area (Å²) in [6, 6.07) is -0.500. The van der Waals surface area contributed by atoms with Crippen LogP contribution in [-0.4, -0.2) is 39.6 Å². The van der Waals surface area contributed by atoms with Crippen molar-refractivity contribution in [3.8, 4) is 0 Å². The lowest BCUT2D eigenvalue weighted by Crippen LogP contribution is -2.49. The second-order valence-electron chi connectivity index (χ2n) is 5.58. The number of rotatable bonds is 3. The molecule has 0 spiro atoms. The van der Waals surface area contributed by atoms with Crippen molar-refractivity contribution in [2.45, 2.75) is 31.7 Å². The van der Waals surface area contributed by atoms with Gasteiger partial charge in [0.15, 0.2) is 0 Å². The van der Waals surface area contributed by atoms with Crippen LogP contribution in [-0.2, 0) is 9.36 Å². The third-order valence-corrected chi connectivity index (χ3v) is 5.20. The molecular weight excluding hydrogens is 257 g/mol. The van der Waals surface area contributed by atoms with E-state index in [0.29, 0.717) is 18.9 Å². The molecule has 1 aliphatic carbocycles. The number of piperidine rings is 1. The maximum Gasteiger partial charge on any atom is 0.325 e. The summed E-state index contributed by atoms with van der Waals surface area (Å²) in [6.07, 6.45) is 3.06. The zero-order valence-corrected chi connectivity index (χ0v) is 11.1. The Morgan fingerprint density at radius 1 is 1.22 bits per heavy atom. The van der Waals surface area contributed by atoms with E-state index in [4.69, 9.17) is 14.9 Å². The zero-order valence-electron chi connectivity index (χ0n) is 10.2. The van der Waals surface area contributed by atoms with Gasteiger partial charge < -0.3 is 20.2 Å². The fourth-order valence-electron chi connectivity index (χ4n) is 3.35. The Morgan fingerprint density at radius 3 is 2.56 bits per heavy atom. The molecule has 1 heterocycles. The van der Waals surface area contributed by atoms with Gasteiger partial charge in [-0.2, -0.15) is 0 Å². The highest BCUT2D eigenvalue weighted by Gasteiger charge is 2.38. The van der Waals surface area contributed by atoms with E-state index in [-0.39, 0.29) is 18.0 Å². The van der Waals surface area contributed by atoms with Crippen molar-refractivity contribution in [1.82, 2.24) is 5.32 Å². The molecule has 2 aliphatic rings. The lowest BCUT2D eigenvalue weighted by Gasteiger charge is -2.41. The van der Waals surface area contributed by atoms with E-state index >= 15 is 0 Å². The van der Waals surface area contributed by atoms with E-state index in [9.17, 15) is 9.36 Å². The Bertz CT molecular complexity index is 368. The van der Waals surface area contributed by atoms with Gasteiger partial charge in [0.25, 0.3) is 0 Å². The van der Waals surface area contributed by atoms with Crippen molar-refractivity contribution < 1.29 is 24.3 Å². The van der Waals surface area contributed by atoms with Crippen LogP contribution < -0.4 is 5.32 Å². The topological polar surface area (TPSA) is 107 Å². The van der Waals surface area contributed by atoms with Crippen LogP contribution in [0.25, 0.3) is 0 Å². The Morgan fingerprint density at radius 2 is 1.94 bits per heavy atom. The van der Waals surface area contributed by atoms with Crippen molar-refractivity contribution in [1.29, 1.82) is 0 Å². The van der Waals surface area contributed by atoms with Gasteiger partial charge in [0.2, 0.25) is 0 Å². The van der Waals surface area contributed by atoms with Gasteiger partial charge in [-0.05, 0) is 50.0 Å². The van der Waals surface area contributed by atoms with Crippen LogP contribution in [0.2, 0.25) is 0 Å². The molecular formula is C11H20NO5P. The van der Waals surface area contributed by atoms with Crippen LogP contribution >= 0.6 is 7.60 Å².